The molecule has 1 aliphatic rings. The van der Waals surface area contributed by atoms with Crippen molar-refractivity contribution in [2.24, 2.45) is 7.05 Å². The first-order valence-corrected chi connectivity index (χ1v) is 12.1. The molecule has 5 heterocycles. The van der Waals surface area contributed by atoms with E-state index in [2.05, 4.69) is 25.2 Å². The Morgan fingerprint density at radius 3 is 2.89 bits per heavy atom. The Bertz CT molecular complexity index is 1400. The van der Waals surface area contributed by atoms with Gasteiger partial charge in [-0.25, -0.2) is 4.68 Å². The molecule has 0 saturated heterocycles. The van der Waals surface area contributed by atoms with E-state index in [9.17, 15) is 5.11 Å². The predicted octanol–water partition coefficient (Wildman–Crippen LogP) is 2.89. The minimum absolute atomic E-state index is 0.0321. The molecule has 2 N–H and O–H groups in total. The van der Waals surface area contributed by atoms with E-state index in [1.807, 2.05) is 57.8 Å². The minimum Gasteiger partial charge on any atom is -0.476 e. The van der Waals surface area contributed by atoms with Gasteiger partial charge in [0.05, 0.1) is 65.4 Å². The van der Waals surface area contributed by atoms with Gasteiger partial charge in [-0.1, -0.05) is 0 Å². The summed E-state index contributed by atoms with van der Waals surface area (Å²) in [6.07, 6.45) is 7.39. The summed E-state index contributed by atoms with van der Waals surface area (Å²) in [5, 5.41) is 27.6. The molecule has 0 aliphatic carbocycles. The standard InChI is InChI=1S/C25H32N8O3/c1-6-35-24-17-7-8-20-18-9-21(26-11-22(18)29-28-20)19-10-27-32(5)25(19)36-16(3)12-31(4)13-23(17)33(30-24)15(2)14-34/h7-11,15-16,34H,6,12-14H2,1-5H3,(H,28,29)/b8-7+/t15-,16-/m0/s1. The average Bonchev–Trinajstić information content (AvgIpc) is 3.52. The van der Waals surface area contributed by atoms with Crippen LogP contribution in [0.25, 0.3) is 34.3 Å². The summed E-state index contributed by atoms with van der Waals surface area (Å²) in [7, 11) is 3.91. The Labute approximate surface area is 209 Å². The first kappa shape index (κ1) is 24.0. The lowest BCUT2D eigenvalue weighted by molar-refractivity contribution is 0.145. The summed E-state index contributed by atoms with van der Waals surface area (Å²) in [5.41, 5.74) is 5.01. The van der Waals surface area contributed by atoms with Crippen LogP contribution < -0.4 is 9.47 Å². The van der Waals surface area contributed by atoms with Crippen molar-refractivity contribution in [3.8, 4) is 23.0 Å². The van der Waals surface area contributed by atoms with Crippen LogP contribution in [0.2, 0.25) is 0 Å². The molecule has 5 rings (SSSR count). The molecule has 4 aromatic heterocycles. The molecule has 2 atom stereocenters. The fourth-order valence-electron chi connectivity index (χ4n) is 4.57. The SMILES string of the molecule is CCOc1nn([C@@H](C)CO)c2c1/C=C/c1n[nH]c3cnc(cc13)-c1cnn(C)c1O[C@@H](C)CN(C)C2. The molecule has 0 saturated carbocycles. The highest BCUT2D eigenvalue weighted by atomic mass is 16.5. The number of aliphatic hydroxyl groups is 1. The monoisotopic (exact) mass is 492 g/mol. The number of hydrogen-bond donors (Lipinski definition) is 2. The quantitative estimate of drug-likeness (QED) is 0.446. The molecule has 11 nitrogen and oxygen atoms in total. The molecule has 0 radical (unpaired) electrons. The van der Waals surface area contributed by atoms with Gasteiger partial charge < -0.3 is 14.6 Å². The molecule has 0 amide bonds. The maximum Gasteiger partial charge on any atom is 0.240 e. The lowest BCUT2D eigenvalue weighted by Gasteiger charge is -2.24. The summed E-state index contributed by atoms with van der Waals surface area (Å²) in [6, 6.07) is 1.79. The van der Waals surface area contributed by atoms with Crippen LogP contribution in [-0.4, -0.2) is 77.7 Å². The Balaban J connectivity index is 1.70. The second kappa shape index (κ2) is 9.75. The maximum absolute atomic E-state index is 9.91. The van der Waals surface area contributed by atoms with Crippen molar-refractivity contribution in [1.82, 2.24) is 39.6 Å². The number of likely N-dealkylation sites (N-methyl/N-ethyl adjacent to an activating group) is 1. The van der Waals surface area contributed by atoms with E-state index >= 15 is 0 Å². The van der Waals surface area contributed by atoms with Gasteiger partial charge in [-0.15, -0.1) is 5.10 Å². The Hall–Kier alpha value is -3.70. The van der Waals surface area contributed by atoms with Crippen molar-refractivity contribution in [3.05, 3.63) is 35.4 Å². The zero-order valence-electron chi connectivity index (χ0n) is 21.3. The van der Waals surface area contributed by atoms with Crippen LogP contribution in [-0.2, 0) is 13.6 Å². The highest BCUT2D eigenvalue weighted by Gasteiger charge is 2.24. The van der Waals surface area contributed by atoms with Crippen LogP contribution in [0.1, 0.15) is 43.8 Å². The highest BCUT2D eigenvalue weighted by molar-refractivity contribution is 5.91. The Morgan fingerprint density at radius 2 is 2.11 bits per heavy atom. The number of H-pyrrole nitrogens is 1. The van der Waals surface area contributed by atoms with Crippen LogP contribution in [0, 0.1) is 0 Å². The highest BCUT2D eigenvalue weighted by Crippen LogP contribution is 2.33. The van der Waals surface area contributed by atoms with E-state index in [0.717, 1.165) is 39.1 Å². The smallest absolute Gasteiger partial charge is 0.240 e. The van der Waals surface area contributed by atoms with E-state index in [1.54, 1.807) is 17.1 Å². The lowest BCUT2D eigenvalue weighted by Crippen LogP contribution is -2.32. The number of aromatic amines is 1. The summed E-state index contributed by atoms with van der Waals surface area (Å²) in [6.45, 7) is 7.61. The Morgan fingerprint density at radius 1 is 1.28 bits per heavy atom. The van der Waals surface area contributed by atoms with E-state index in [4.69, 9.17) is 14.6 Å². The van der Waals surface area contributed by atoms with Gasteiger partial charge in [0.2, 0.25) is 11.8 Å². The van der Waals surface area contributed by atoms with Crippen molar-refractivity contribution in [1.29, 1.82) is 0 Å². The maximum atomic E-state index is 9.91. The van der Waals surface area contributed by atoms with Gasteiger partial charge in [-0.05, 0) is 46.0 Å². The van der Waals surface area contributed by atoms with Crippen molar-refractivity contribution >= 4 is 23.1 Å². The zero-order valence-corrected chi connectivity index (χ0v) is 21.3. The van der Waals surface area contributed by atoms with E-state index in [1.165, 1.54) is 0 Å². The largest absolute Gasteiger partial charge is 0.476 e. The van der Waals surface area contributed by atoms with Crippen molar-refractivity contribution in [2.75, 3.05) is 26.8 Å². The number of aryl methyl sites for hydroxylation is 1. The molecular weight excluding hydrogens is 460 g/mol. The van der Waals surface area contributed by atoms with Crippen LogP contribution in [0.4, 0.5) is 0 Å². The number of hydrogen-bond acceptors (Lipinski definition) is 8. The van der Waals surface area contributed by atoms with Crippen molar-refractivity contribution < 1.29 is 14.6 Å². The first-order valence-electron chi connectivity index (χ1n) is 12.1. The van der Waals surface area contributed by atoms with Gasteiger partial charge in [0.15, 0.2) is 0 Å². The van der Waals surface area contributed by atoms with Crippen molar-refractivity contribution in [3.63, 3.8) is 0 Å². The number of fused-ring (bicyclic) bond motifs is 4. The topological polar surface area (TPSA) is 119 Å². The van der Waals surface area contributed by atoms with E-state index in [0.29, 0.717) is 31.5 Å². The molecule has 0 spiro atoms. The van der Waals surface area contributed by atoms with Gasteiger partial charge in [0, 0.05) is 25.5 Å². The van der Waals surface area contributed by atoms with Crippen LogP contribution in [0.5, 0.6) is 11.8 Å². The van der Waals surface area contributed by atoms with Crippen LogP contribution in [0.3, 0.4) is 0 Å². The van der Waals surface area contributed by atoms with Crippen LogP contribution >= 0.6 is 0 Å². The van der Waals surface area contributed by atoms with Gasteiger partial charge >= 0.3 is 0 Å². The zero-order chi connectivity index (χ0) is 25.4. The minimum atomic E-state index is -0.206. The third-order valence-corrected chi connectivity index (χ3v) is 6.33. The number of pyridine rings is 1. The van der Waals surface area contributed by atoms with Gasteiger partial charge in [0.1, 0.15) is 6.10 Å². The molecule has 2 bridgehead atoms. The third-order valence-electron chi connectivity index (χ3n) is 6.33. The average molecular weight is 493 g/mol. The molecule has 11 heteroatoms. The fraction of sp³-hybridized carbons (Fsp3) is 0.440. The number of aromatic nitrogens is 7. The summed E-state index contributed by atoms with van der Waals surface area (Å²) in [5.74, 6) is 1.20. The molecule has 0 aromatic carbocycles. The second-order valence-corrected chi connectivity index (χ2v) is 9.24. The van der Waals surface area contributed by atoms with Gasteiger partial charge in [-0.3, -0.25) is 19.7 Å². The first-order chi connectivity index (χ1) is 17.4. The summed E-state index contributed by atoms with van der Waals surface area (Å²) < 4.78 is 15.9. The normalized spacial score (nSPS) is 18.2. The number of aliphatic hydroxyl groups excluding tert-OH is 1. The third kappa shape index (κ3) is 4.35. The number of nitrogens with one attached hydrogen (secondary N) is 1. The lowest BCUT2D eigenvalue weighted by atomic mass is 10.1. The van der Waals surface area contributed by atoms with E-state index < -0.39 is 0 Å². The summed E-state index contributed by atoms with van der Waals surface area (Å²) in [4.78, 5) is 6.81. The van der Waals surface area contributed by atoms with E-state index in [-0.39, 0.29) is 18.8 Å². The summed E-state index contributed by atoms with van der Waals surface area (Å²) >= 11 is 0. The molecule has 36 heavy (non-hydrogen) atoms. The second-order valence-electron chi connectivity index (χ2n) is 9.24. The number of nitrogens with zero attached hydrogens (tertiary/aromatic N) is 7. The molecule has 190 valence electrons. The fourth-order valence-corrected chi connectivity index (χ4v) is 4.57. The molecular formula is C25H32N8O3. The Kier molecular flexibility index (Phi) is 6.50. The van der Waals surface area contributed by atoms with Gasteiger partial charge in [0.25, 0.3) is 0 Å². The number of rotatable bonds is 4. The molecule has 0 fully saturated rings. The number of ether oxygens (including phenoxy) is 2. The predicted molar refractivity (Wildman–Crippen MR) is 137 cm³/mol. The van der Waals surface area contributed by atoms with Gasteiger partial charge in [-0.2, -0.15) is 10.2 Å². The molecule has 4 aromatic rings. The molecule has 1 aliphatic heterocycles. The molecule has 0 unspecified atom stereocenters. The van der Waals surface area contributed by atoms with Crippen molar-refractivity contribution in [2.45, 2.75) is 39.5 Å². The van der Waals surface area contributed by atoms with Crippen LogP contribution in [0.15, 0.2) is 18.5 Å².